The lowest BCUT2D eigenvalue weighted by Gasteiger charge is -2.34. The second-order valence-corrected chi connectivity index (χ2v) is 5.40. The molecule has 1 aliphatic rings. The Hall–Kier alpha value is -1.17. The largest absolute Gasteiger partial charge is 0.481 e. The van der Waals surface area contributed by atoms with Crippen molar-refractivity contribution in [3.8, 4) is 0 Å². The third-order valence-electron chi connectivity index (χ3n) is 3.52. The minimum atomic E-state index is -0.759. The quantitative estimate of drug-likeness (QED) is 0.904. The van der Waals surface area contributed by atoms with Crippen molar-refractivity contribution in [3.63, 3.8) is 0 Å². The summed E-state index contributed by atoms with van der Waals surface area (Å²) in [6.07, 6.45) is 0.184. The molecule has 1 N–H and O–H groups in total. The first-order valence-corrected chi connectivity index (χ1v) is 7.03. The molecule has 1 aliphatic heterocycles. The average Bonchev–Trinajstić information content (AvgIpc) is 2.41. The van der Waals surface area contributed by atoms with Gasteiger partial charge in [-0.1, -0.05) is 17.7 Å². The zero-order valence-electron chi connectivity index (χ0n) is 11.2. The van der Waals surface area contributed by atoms with Gasteiger partial charge < -0.3 is 10.0 Å². The van der Waals surface area contributed by atoms with Crippen molar-refractivity contribution < 1.29 is 14.3 Å². The van der Waals surface area contributed by atoms with Gasteiger partial charge in [-0.25, -0.2) is 4.39 Å². The van der Waals surface area contributed by atoms with Crippen molar-refractivity contribution in [2.45, 2.75) is 13.0 Å². The maximum atomic E-state index is 13.0. The molecule has 0 unspecified atom stereocenters. The lowest BCUT2D eigenvalue weighted by Crippen LogP contribution is -2.46. The zero-order valence-corrected chi connectivity index (χ0v) is 11.9. The van der Waals surface area contributed by atoms with E-state index in [4.69, 9.17) is 16.7 Å². The van der Waals surface area contributed by atoms with E-state index in [2.05, 4.69) is 9.80 Å². The Morgan fingerprint density at radius 2 is 1.90 bits per heavy atom. The minimum absolute atomic E-state index is 0.184. The molecule has 0 aliphatic carbocycles. The summed E-state index contributed by atoms with van der Waals surface area (Å²) in [6, 6.07) is 4.47. The van der Waals surface area contributed by atoms with Crippen LogP contribution in [0.15, 0.2) is 18.2 Å². The molecule has 1 heterocycles. The molecular formula is C14H18ClFN2O2. The van der Waals surface area contributed by atoms with Gasteiger partial charge >= 0.3 is 5.97 Å². The SMILES string of the molecule is O=C(O)CCN1CCN(Cc2ccc(F)cc2Cl)CC1. The number of rotatable bonds is 5. The summed E-state index contributed by atoms with van der Waals surface area (Å²) in [7, 11) is 0. The predicted molar refractivity (Wildman–Crippen MR) is 75.4 cm³/mol. The van der Waals surface area contributed by atoms with E-state index in [1.165, 1.54) is 12.1 Å². The molecule has 6 heteroatoms. The number of carbonyl (C=O) groups is 1. The van der Waals surface area contributed by atoms with E-state index in [1.807, 2.05) is 0 Å². The van der Waals surface area contributed by atoms with Crippen LogP contribution in [0.25, 0.3) is 0 Å². The topological polar surface area (TPSA) is 43.8 Å². The highest BCUT2D eigenvalue weighted by Crippen LogP contribution is 2.19. The van der Waals surface area contributed by atoms with Crippen LogP contribution in [0.1, 0.15) is 12.0 Å². The molecule has 0 amide bonds. The lowest BCUT2D eigenvalue weighted by atomic mass is 10.2. The summed E-state index contributed by atoms with van der Waals surface area (Å²) in [5.74, 6) is -1.08. The molecule has 20 heavy (non-hydrogen) atoms. The fraction of sp³-hybridized carbons (Fsp3) is 0.500. The van der Waals surface area contributed by atoms with Gasteiger partial charge in [0.2, 0.25) is 0 Å². The van der Waals surface area contributed by atoms with E-state index < -0.39 is 5.97 Å². The molecular weight excluding hydrogens is 283 g/mol. The van der Waals surface area contributed by atoms with Crippen LogP contribution in [0.3, 0.4) is 0 Å². The van der Waals surface area contributed by atoms with Gasteiger partial charge in [0.15, 0.2) is 0 Å². The van der Waals surface area contributed by atoms with Crippen molar-refractivity contribution in [3.05, 3.63) is 34.6 Å². The third kappa shape index (κ3) is 4.44. The molecule has 0 spiro atoms. The number of hydrogen-bond donors (Lipinski definition) is 1. The monoisotopic (exact) mass is 300 g/mol. The van der Waals surface area contributed by atoms with Crippen LogP contribution in [0.5, 0.6) is 0 Å². The van der Waals surface area contributed by atoms with Crippen molar-refractivity contribution >= 4 is 17.6 Å². The second kappa shape index (κ2) is 7.02. The van der Waals surface area contributed by atoms with Crippen LogP contribution in [-0.4, -0.2) is 53.6 Å². The second-order valence-electron chi connectivity index (χ2n) is 5.00. The number of carboxylic acid groups (broad SMARTS) is 1. The highest BCUT2D eigenvalue weighted by molar-refractivity contribution is 6.31. The first-order chi connectivity index (χ1) is 9.54. The third-order valence-corrected chi connectivity index (χ3v) is 3.87. The fourth-order valence-corrected chi connectivity index (χ4v) is 2.54. The lowest BCUT2D eigenvalue weighted by molar-refractivity contribution is -0.137. The van der Waals surface area contributed by atoms with E-state index in [9.17, 15) is 9.18 Å². The molecule has 1 fully saturated rings. The van der Waals surface area contributed by atoms with Crippen LogP contribution in [0.4, 0.5) is 4.39 Å². The van der Waals surface area contributed by atoms with Crippen LogP contribution >= 0.6 is 11.6 Å². The van der Waals surface area contributed by atoms with E-state index >= 15 is 0 Å². The van der Waals surface area contributed by atoms with Gasteiger partial charge in [-0.3, -0.25) is 9.69 Å². The van der Waals surface area contributed by atoms with Crippen molar-refractivity contribution in [1.29, 1.82) is 0 Å². The van der Waals surface area contributed by atoms with Gasteiger partial charge in [0, 0.05) is 44.3 Å². The maximum absolute atomic E-state index is 13.0. The van der Waals surface area contributed by atoms with Crippen LogP contribution in [-0.2, 0) is 11.3 Å². The fourth-order valence-electron chi connectivity index (χ4n) is 2.32. The van der Waals surface area contributed by atoms with Gasteiger partial charge in [-0.05, 0) is 17.7 Å². The van der Waals surface area contributed by atoms with Crippen LogP contribution < -0.4 is 0 Å². The van der Waals surface area contributed by atoms with Crippen LogP contribution in [0.2, 0.25) is 5.02 Å². The van der Waals surface area contributed by atoms with Gasteiger partial charge in [-0.2, -0.15) is 0 Å². The Bertz CT molecular complexity index is 476. The summed E-state index contributed by atoms with van der Waals surface area (Å²) in [5.41, 5.74) is 0.923. The summed E-state index contributed by atoms with van der Waals surface area (Å²) < 4.78 is 13.0. The number of carboxylic acids is 1. The molecule has 0 saturated carbocycles. The molecule has 4 nitrogen and oxygen atoms in total. The zero-order chi connectivity index (χ0) is 14.5. The van der Waals surface area contributed by atoms with E-state index in [1.54, 1.807) is 6.07 Å². The van der Waals surface area contributed by atoms with Gasteiger partial charge in [-0.15, -0.1) is 0 Å². The number of piperazine rings is 1. The Labute approximate surface area is 122 Å². The number of aliphatic carboxylic acids is 1. The van der Waals surface area contributed by atoms with E-state index in [0.29, 0.717) is 18.1 Å². The summed E-state index contributed by atoms with van der Waals surface area (Å²) in [6.45, 7) is 4.74. The van der Waals surface area contributed by atoms with E-state index in [-0.39, 0.29) is 12.2 Å². The number of nitrogens with zero attached hydrogens (tertiary/aromatic N) is 2. The standard InChI is InChI=1S/C14H18ClFN2O2/c15-13-9-12(16)2-1-11(13)10-18-7-5-17(6-8-18)4-3-14(19)20/h1-2,9H,3-8,10H2,(H,19,20). The minimum Gasteiger partial charge on any atom is -0.481 e. The molecule has 0 bridgehead atoms. The first kappa shape index (κ1) is 15.2. The van der Waals surface area contributed by atoms with Crippen LogP contribution in [0, 0.1) is 5.82 Å². The Morgan fingerprint density at radius 3 is 2.50 bits per heavy atom. The highest BCUT2D eigenvalue weighted by Gasteiger charge is 2.18. The molecule has 1 aromatic rings. The molecule has 0 radical (unpaired) electrons. The number of hydrogen-bond acceptors (Lipinski definition) is 3. The Morgan fingerprint density at radius 1 is 1.25 bits per heavy atom. The predicted octanol–water partition coefficient (Wildman–Crippen LogP) is 2.07. The number of benzene rings is 1. The normalized spacial score (nSPS) is 17.3. The molecule has 110 valence electrons. The molecule has 0 atom stereocenters. The summed E-state index contributed by atoms with van der Waals surface area (Å²) >= 11 is 6.02. The molecule has 0 aromatic heterocycles. The average molecular weight is 301 g/mol. The summed E-state index contributed by atoms with van der Waals surface area (Å²) in [5, 5.41) is 9.12. The maximum Gasteiger partial charge on any atom is 0.304 e. The number of halogens is 2. The highest BCUT2D eigenvalue weighted by atomic mass is 35.5. The van der Waals surface area contributed by atoms with Crippen molar-refractivity contribution in [2.24, 2.45) is 0 Å². The van der Waals surface area contributed by atoms with Crippen molar-refractivity contribution in [1.82, 2.24) is 9.80 Å². The molecule has 2 rings (SSSR count). The van der Waals surface area contributed by atoms with Gasteiger partial charge in [0.1, 0.15) is 5.82 Å². The first-order valence-electron chi connectivity index (χ1n) is 6.65. The smallest absolute Gasteiger partial charge is 0.304 e. The van der Waals surface area contributed by atoms with E-state index in [0.717, 1.165) is 31.7 Å². The Balaban J connectivity index is 1.80. The summed E-state index contributed by atoms with van der Waals surface area (Å²) in [4.78, 5) is 14.9. The molecule has 1 aromatic carbocycles. The molecule has 1 saturated heterocycles. The Kier molecular flexibility index (Phi) is 5.34. The van der Waals surface area contributed by atoms with Gasteiger partial charge in [0.25, 0.3) is 0 Å². The van der Waals surface area contributed by atoms with Crippen molar-refractivity contribution in [2.75, 3.05) is 32.7 Å². The van der Waals surface area contributed by atoms with Gasteiger partial charge in [0.05, 0.1) is 6.42 Å².